The zero-order valence-electron chi connectivity index (χ0n) is 8.59. The molecule has 1 aliphatic carbocycles. The monoisotopic (exact) mass is 185 g/mol. The Morgan fingerprint density at radius 2 is 1.93 bits per heavy atom. The molecular weight excluding hydrogens is 170 g/mol. The maximum Gasteiger partial charge on any atom is 0.0991 e. The van der Waals surface area contributed by atoms with Gasteiger partial charge in [0.15, 0.2) is 0 Å². The summed E-state index contributed by atoms with van der Waals surface area (Å²) in [6, 6.07) is 10.3. The van der Waals surface area contributed by atoms with E-state index < -0.39 is 0 Å². The van der Waals surface area contributed by atoms with Crippen molar-refractivity contribution in [2.45, 2.75) is 38.0 Å². The van der Waals surface area contributed by atoms with Gasteiger partial charge in [-0.1, -0.05) is 25.5 Å². The van der Waals surface area contributed by atoms with Crippen LogP contribution in [-0.4, -0.2) is 0 Å². The standard InChI is InChI=1S/C13H15N/c1-2-7-13(8-9-13)12-5-3-11(10-14)4-6-12/h3-6H,2,7-9H2,1H3. The second-order valence-corrected chi connectivity index (χ2v) is 4.22. The van der Waals surface area contributed by atoms with E-state index in [1.807, 2.05) is 12.1 Å². The van der Waals surface area contributed by atoms with E-state index in [-0.39, 0.29) is 0 Å². The summed E-state index contributed by atoms with van der Waals surface area (Å²) < 4.78 is 0. The van der Waals surface area contributed by atoms with Crippen molar-refractivity contribution in [3.8, 4) is 6.07 Å². The maximum absolute atomic E-state index is 8.70. The Hall–Kier alpha value is -1.29. The molecule has 1 fully saturated rings. The van der Waals surface area contributed by atoms with E-state index in [4.69, 9.17) is 5.26 Å². The van der Waals surface area contributed by atoms with Crippen molar-refractivity contribution >= 4 is 0 Å². The van der Waals surface area contributed by atoms with Crippen molar-refractivity contribution in [2.75, 3.05) is 0 Å². The molecule has 1 nitrogen and oxygen atoms in total. The first-order valence-corrected chi connectivity index (χ1v) is 5.31. The maximum atomic E-state index is 8.70. The van der Waals surface area contributed by atoms with Crippen LogP contribution in [0.3, 0.4) is 0 Å². The Balaban J connectivity index is 2.21. The SMILES string of the molecule is CCCC1(c2ccc(C#N)cc2)CC1. The van der Waals surface area contributed by atoms with Gasteiger partial charge in [-0.3, -0.25) is 0 Å². The molecule has 0 unspecified atom stereocenters. The van der Waals surface area contributed by atoms with Crippen LogP contribution in [0.5, 0.6) is 0 Å². The van der Waals surface area contributed by atoms with E-state index in [1.54, 1.807) is 0 Å². The zero-order chi connectivity index (χ0) is 10.0. The largest absolute Gasteiger partial charge is 0.192 e. The lowest BCUT2D eigenvalue weighted by Crippen LogP contribution is -2.05. The van der Waals surface area contributed by atoms with Gasteiger partial charge in [-0.15, -0.1) is 0 Å². The van der Waals surface area contributed by atoms with Crippen LogP contribution in [0.4, 0.5) is 0 Å². The number of hydrogen-bond acceptors (Lipinski definition) is 1. The Morgan fingerprint density at radius 1 is 1.29 bits per heavy atom. The molecule has 2 rings (SSSR count). The zero-order valence-corrected chi connectivity index (χ0v) is 8.59. The van der Waals surface area contributed by atoms with Gasteiger partial charge in [0, 0.05) is 0 Å². The van der Waals surface area contributed by atoms with E-state index >= 15 is 0 Å². The lowest BCUT2D eigenvalue weighted by Gasteiger charge is -2.13. The summed E-state index contributed by atoms with van der Waals surface area (Å²) in [5.41, 5.74) is 2.67. The van der Waals surface area contributed by atoms with Crippen LogP contribution >= 0.6 is 0 Å². The van der Waals surface area contributed by atoms with Gasteiger partial charge < -0.3 is 0 Å². The topological polar surface area (TPSA) is 23.8 Å². The van der Waals surface area contributed by atoms with Gasteiger partial charge in [-0.25, -0.2) is 0 Å². The van der Waals surface area contributed by atoms with Crippen LogP contribution in [0.2, 0.25) is 0 Å². The molecule has 1 aromatic carbocycles. The molecule has 14 heavy (non-hydrogen) atoms. The van der Waals surface area contributed by atoms with E-state index in [0.29, 0.717) is 5.41 Å². The average Bonchev–Trinajstić information content (AvgIpc) is 3.00. The molecule has 1 saturated carbocycles. The minimum atomic E-state index is 0.475. The first-order chi connectivity index (χ1) is 6.80. The van der Waals surface area contributed by atoms with Crippen LogP contribution in [0.25, 0.3) is 0 Å². The van der Waals surface area contributed by atoms with Crippen LogP contribution in [-0.2, 0) is 5.41 Å². The highest BCUT2D eigenvalue weighted by Gasteiger charge is 2.42. The smallest absolute Gasteiger partial charge is 0.0991 e. The normalized spacial score (nSPS) is 17.4. The number of benzene rings is 1. The molecule has 0 N–H and O–H groups in total. The molecular formula is C13H15N. The molecule has 72 valence electrons. The van der Waals surface area contributed by atoms with Crippen LogP contribution in [0, 0.1) is 11.3 Å². The summed E-state index contributed by atoms with van der Waals surface area (Å²) in [6.45, 7) is 2.24. The molecule has 0 amide bonds. The number of nitriles is 1. The number of nitrogens with zero attached hydrogens (tertiary/aromatic N) is 1. The summed E-state index contributed by atoms with van der Waals surface area (Å²) in [5.74, 6) is 0. The van der Waals surface area contributed by atoms with Gasteiger partial charge in [0.05, 0.1) is 11.6 Å². The highest BCUT2D eigenvalue weighted by Crippen LogP contribution is 2.51. The van der Waals surface area contributed by atoms with E-state index in [0.717, 1.165) is 5.56 Å². The van der Waals surface area contributed by atoms with Crippen LogP contribution < -0.4 is 0 Å². The fraction of sp³-hybridized carbons (Fsp3) is 0.462. The van der Waals surface area contributed by atoms with Crippen molar-refractivity contribution in [2.24, 2.45) is 0 Å². The molecule has 1 aromatic rings. The highest BCUT2D eigenvalue weighted by atomic mass is 14.5. The Labute approximate surface area is 85.4 Å². The molecule has 0 aliphatic heterocycles. The highest BCUT2D eigenvalue weighted by molar-refractivity contribution is 5.37. The molecule has 0 heterocycles. The van der Waals surface area contributed by atoms with Gasteiger partial charge in [0.25, 0.3) is 0 Å². The first kappa shape index (κ1) is 9.27. The lowest BCUT2D eigenvalue weighted by molar-refractivity contribution is 0.607. The molecule has 1 heteroatoms. The van der Waals surface area contributed by atoms with Gasteiger partial charge in [0.2, 0.25) is 0 Å². The van der Waals surface area contributed by atoms with Crippen LogP contribution in [0.15, 0.2) is 24.3 Å². The van der Waals surface area contributed by atoms with E-state index in [9.17, 15) is 0 Å². The summed E-state index contributed by atoms with van der Waals surface area (Å²) in [6.07, 6.45) is 5.19. The molecule has 0 saturated heterocycles. The minimum absolute atomic E-state index is 0.475. The van der Waals surface area contributed by atoms with Gasteiger partial charge in [-0.2, -0.15) is 5.26 Å². The Bertz CT molecular complexity index is 352. The molecule has 0 atom stereocenters. The predicted octanol–water partition coefficient (Wildman–Crippen LogP) is 3.39. The molecule has 0 spiro atoms. The summed E-state index contributed by atoms with van der Waals surface area (Å²) in [4.78, 5) is 0. The Morgan fingerprint density at radius 3 is 2.36 bits per heavy atom. The minimum Gasteiger partial charge on any atom is -0.192 e. The molecule has 0 bridgehead atoms. The molecule has 0 radical (unpaired) electrons. The molecule has 1 aliphatic rings. The third-order valence-electron chi connectivity index (χ3n) is 3.21. The molecule has 0 aromatic heterocycles. The van der Waals surface area contributed by atoms with E-state index in [1.165, 1.54) is 31.2 Å². The second-order valence-electron chi connectivity index (χ2n) is 4.22. The van der Waals surface area contributed by atoms with Crippen molar-refractivity contribution in [1.29, 1.82) is 5.26 Å². The lowest BCUT2D eigenvalue weighted by atomic mass is 9.91. The van der Waals surface area contributed by atoms with Crippen molar-refractivity contribution in [1.82, 2.24) is 0 Å². The van der Waals surface area contributed by atoms with Crippen molar-refractivity contribution in [3.05, 3.63) is 35.4 Å². The Kier molecular flexibility index (Phi) is 2.29. The van der Waals surface area contributed by atoms with Gasteiger partial charge in [0.1, 0.15) is 0 Å². The quantitative estimate of drug-likeness (QED) is 0.708. The van der Waals surface area contributed by atoms with Crippen LogP contribution in [0.1, 0.15) is 43.7 Å². The summed E-state index contributed by atoms with van der Waals surface area (Å²) >= 11 is 0. The fourth-order valence-corrected chi connectivity index (χ4v) is 2.21. The third kappa shape index (κ3) is 1.53. The second kappa shape index (κ2) is 3.46. The first-order valence-electron chi connectivity index (χ1n) is 5.31. The third-order valence-corrected chi connectivity index (χ3v) is 3.21. The fourth-order valence-electron chi connectivity index (χ4n) is 2.21. The van der Waals surface area contributed by atoms with Crippen molar-refractivity contribution < 1.29 is 0 Å². The summed E-state index contributed by atoms with van der Waals surface area (Å²) in [5, 5.41) is 8.70. The van der Waals surface area contributed by atoms with E-state index in [2.05, 4.69) is 25.1 Å². The average molecular weight is 185 g/mol. The van der Waals surface area contributed by atoms with Gasteiger partial charge >= 0.3 is 0 Å². The van der Waals surface area contributed by atoms with Crippen molar-refractivity contribution in [3.63, 3.8) is 0 Å². The van der Waals surface area contributed by atoms with Gasteiger partial charge in [-0.05, 0) is 42.4 Å². The predicted molar refractivity (Wildman–Crippen MR) is 57.0 cm³/mol. The summed E-state index contributed by atoms with van der Waals surface area (Å²) in [7, 11) is 0. The number of rotatable bonds is 3. The number of hydrogen-bond donors (Lipinski definition) is 0.